The Morgan fingerprint density at radius 3 is 2.29 bits per heavy atom. The van der Waals surface area contributed by atoms with Gasteiger partial charge in [-0.1, -0.05) is 43.3 Å². The largest absolute Gasteiger partial charge is 0.493 e. The van der Waals surface area contributed by atoms with E-state index in [9.17, 15) is 0 Å². The summed E-state index contributed by atoms with van der Waals surface area (Å²) < 4.78 is 11.0. The fourth-order valence-electron chi connectivity index (χ4n) is 2.64. The number of hydrogen-bond donors (Lipinski definition) is 1. The minimum absolute atomic E-state index is 0.0845. The third-order valence-electron chi connectivity index (χ3n) is 3.65. The lowest BCUT2D eigenvalue weighted by Crippen LogP contribution is -2.23. The van der Waals surface area contributed by atoms with E-state index >= 15 is 0 Å². The standard InChI is InChI=1S/C18H23NO2/c1-5-19-17(14-10-7-6-9-13(14)2)15-11-8-12-16(20-3)18(15)21-4/h6-12,17,19H,5H2,1-4H3. The van der Waals surface area contributed by atoms with Crippen LogP contribution in [0.1, 0.15) is 29.7 Å². The van der Waals surface area contributed by atoms with Crippen LogP contribution in [0.3, 0.4) is 0 Å². The van der Waals surface area contributed by atoms with Crippen molar-refractivity contribution in [2.24, 2.45) is 0 Å². The summed E-state index contributed by atoms with van der Waals surface area (Å²) in [6.07, 6.45) is 0. The van der Waals surface area contributed by atoms with Crippen molar-refractivity contribution in [1.29, 1.82) is 0 Å². The molecule has 0 amide bonds. The van der Waals surface area contributed by atoms with Crippen molar-refractivity contribution < 1.29 is 9.47 Å². The highest BCUT2D eigenvalue weighted by molar-refractivity contribution is 5.51. The number of benzene rings is 2. The monoisotopic (exact) mass is 285 g/mol. The van der Waals surface area contributed by atoms with Gasteiger partial charge in [0.05, 0.1) is 20.3 Å². The average molecular weight is 285 g/mol. The van der Waals surface area contributed by atoms with Crippen LogP contribution in [-0.4, -0.2) is 20.8 Å². The van der Waals surface area contributed by atoms with Crippen LogP contribution in [0.5, 0.6) is 11.5 Å². The van der Waals surface area contributed by atoms with Crippen molar-refractivity contribution in [2.75, 3.05) is 20.8 Å². The number of rotatable bonds is 6. The molecule has 3 heteroatoms. The van der Waals surface area contributed by atoms with Crippen LogP contribution in [-0.2, 0) is 0 Å². The summed E-state index contributed by atoms with van der Waals surface area (Å²) in [6.45, 7) is 5.11. The van der Waals surface area contributed by atoms with Gasteiger partial charge in [0, 0.05) is 5.56 Å². The normalized spacial score (nSPS) is 12.0. The molecule has 0 bridgehead atoms. The molecule has 2 aromatic carbocycles. The van der Waals surface area contributed by atoms with Crippen molar-refractivity contribution in [3.63, 3.8) is 0 Å². The maximum absolute atomic E-state index is 5.59. The van der Waals surface area contributed by atoms with Gasteiger partial charge in [-0.25, -0.2) is 0 Å². The molecule has 1 atom stereocenters. The number of nitrogens with one attached hydrogen (secondary N) is 1. The van der Waals surface area contributed by atoms with Gasteiger partial charge < -0.3 is 14.8 Å². The van der Waals surface area contributed by atoms with Crippen LogP contribution in [0.25, 0.3) is 0 Å². The average Bonchev–Trinajstić information content (AvgIpc) is 2.52. The zero-order valence-corrected chi connectivity index (χ0v) is 13.1. The molecule has 0 aliphatic rings. The number of methoxy groups -OCH3 is 2. The maximum atomic E-state index is 5.59. The molecule has 0 aliphatic heterocycles. The zero-order valence-electron chi connectivity index (χ0n) is 13.1. The van der Waals surface area contributed by atoms with E-state index in [4.69, 9.17) is 9.47 Å². The van der Waals surface area contributed by atoms with E-state index in [1.807, 2.05) is 12.1 Å². The fourth-order valence-corrected chi connectivity index (χ4v) is 2.64. The molecular formula is C18H23NO2. The minimum atomic E-state index is 0.0845. The Labute approximate surface area is 126 Å². The first-order valence-corrected chi connectivity index (χ1v) is 7.22. The molecule has 1 N–H and O–H groups in total. The molecule has 2 rings (SSSR count). The predicted molar refractivity (Wildman–Crippen MR) is 86.2 cm³/mol. The van der Waals surface area contributed by atoms with Crippen LogP contribution >= 0.6 is 0 Å². The number of hydrogen-bond acceptors (Lipinski definition) is 3. The van der Waals surface area contributed by atoms with E-state index in [2.05, 4.69) is 49.5 Å². The van der Waals surface area contributed by atoms with Gasteiger partial charge in [0.15, 0.2) is 11.5 Å². The Kier molecular flexibility index (Phi) is 5.23. The molecule has 1 unspecified atom stereocenters. The Balaban J connectivity index is 2.56. The molecule has 0 saturated carbocycles. The van der Waals surface area contributed by atoms with Crippen LogP contribution in [0.15, 0.2) is 42.5 Å². The van der Waals surface area contributed by atoms with Crippen LogP contribution in [0, 0.1) is 6.92 Å². The van der Waals surface area contributed by atoms with Gasteiger partial charge in [0.25, 0.3) is 0 Å². The summed E-state index contributed by atoms with van der Waals surface area (Å²) in [5, 5.41) is 3.55. The van der Waals surface area contributed by atoms with Crippen molar-refractivity contribution in [1.82, 2.24) is 5.32 Å². The molecule has 0 aromatic heterocycles. The first-order valence-electron chi connectivity index (χ1n) is 7.22. The lowest BCUT2D eigenvalue weighted by molar-refractivity contribution is 0.349. The Morgan fingerprint density at radius 1 is 0.952 bits per heavy atom. The Morgan fingerprint density at radius 2 is 1.67 bits per heavy atom. The van der Waals surface area contributed by atoms with E-state index < -0.39 is 0 Å². The molecule has 21 heavy (non-hydrogen) atoms. The van der Waals surface area contributed by atoms with Gasteiger partial charge in [-0.2, -0.15) is 0 Å². The summed E-state index contributed by atoms with van der Waals surface area (Å²) in [5.74, 6) is 1.54. The van der Waals surface area contributed by atoms with E-state index in [1.165, 1.54) is 11.1 Å². The third-order valence-corrected chi connectivity index (χ3v) is 3.65. The molecule has 2 aromatic rings. The van der Waals surface area contributed by atoms with Gasteiger partial charge in [-0.3, -0.25) is 0 Å². The van der Waals surface area contributed by atoms with E-state index in [0.717, 1.165) is 23.6 Å². The van der Waals surface area contributed by atoms with Gasteiger partial charge in [-0.15, -0.1) is 0 Å². The van der Waals surface area contributed by atoms with Crippen molar-refractivity contribution in [2.45, 2.75) is 19.9 Å². The van der Waals surface area contributed by atoms with Crippen molar-refractivity contribution >= 4 is 0 Å². The smallest absolute Gasteiger partial charge is 0.165 e. The summed E-state index contributed by atoms with van der Waals surface area (Å²) >= 11 is 0. The fraction of sp³-hybridized carbons (Fsp3) is 0.333. The van der Waals surface area contributed by atoms with Crippen LogP contribution in [0.2, 0.25) is 0 Å². The molecule has 0 aliphatic carbocycles. The first kappa shape index (κ1) is 15.4. The number of para-hydroxylation sites is 1. The quantitative estimate of drug-likeness (QED) is 0.877. The van der Waals surface area contributed by atoms with Crippen LogP contribution < -0.4 is 14.8 Å². The molecule has 3 nitrogen and oxygen atoms in total. The highest BCUT2D eigenvalue weighted by Gasteiger charge is 2.21. The maximum Gasteiger partial charge on any atom is 0.165 e. The van der Waals surface area contributed by atoms with E-state index in [-0.39, 0.29) is 6.04 Å². The molecule has 0 saturated heterocycles. The summed E-state index contributed by atoms with van der Waals surface area (Å²) in [7, 11) is 3.35. The molecule has 0 fully saturated rings. The summed E-state index contributed by atoms with van der Waals surface area (Å²) in [6, 6.07) is 14.5. The van der Waals surface area contributed by atoms with E-state index in [1.54, 1.807) is 14.2 Å². The second-order valence-corrected chi connectivity index (χ2v) is 4.93. The van der Waals surface area contributed by atoms with Gasteiger partial charge in [-0.05, 0) is 30.7 Å². The molecular weight excluding hydrogens is 262 g/mol. The second-order valence-electron chi connectivity index (χ2n) is 4.93. The SMILES string of the molecule is CCNC(c1ccccc1C)c1cccc(OC)c1OC. The summed E-state index contributed by atoms with van der Waals surface area (Å²) in [4.78, 5) is 0. The number of ether oxygens (including phenoxy) is 2. The van der Waals surface area contributed by atoms with Crippen molar-refractivity contribution in [3.8, 4) is 11.5 Å². The zero-order chi connectivity index (χ0) is 15.2. The topological polar surface area (TPSA) is 30.5 Å². The molecule has 0 heterocycles. The molecule has 0 spiro atoms. The molecule has 0 radical (unpaired) electrons. The van der Waals surface area contributed by atoms with Gasteiger partial charge in [0.2, 0.25) is 0 Å². The molecule has 112 valence electrons. The van der Waals surface area contributed by atoms with Crippen molar-refractivity contribution in [3.05, 3.63) is 59.2 Å². The second kappa shape index (κ2) is 7.14. The lowest BCUT2D eigenvalue weighted by atomic mass is 9.94. The Hall–Kier alpha value is -2.00. The summed E-state index contributed by atoms with van der Waals surface area (Å²) in [5.41, 5.74) is 3.60. The lowest BCUT2D eigenvalue weighted by Gasteiger charge is -2.23. The van der Waals surface area contributed by atoms with Gasteiger partial charge >= 0.3 is 0 Å². The van der Waals surface area contributed by atoms with Gasteiger partial charge in [0.1, 0.15) is 0 Å². The Bertz CT molecular complexity index is 596. The van der Waals surface area contributed by atoms with Crippen LogP contribution in [0.4, 0.5) is 0 Å². The minimum Gasteiger partial charge on any atom is -0.493 e. The predicted octanol–water partition coefficient (Wildman–Crippen LogP) is 3.71. The first-order chi connectivity index (χ1) is 10.2. The highest BCUT2D eigenvalue weighted by atomic mass is 16.5. The number of aryl methyl sites for hydroxylation is 1. The highest BCUT2D eigenvalue weighted by Crippen LogP contribution is 2.37. The van der Waals surface area contributed by atoms with E-state index in [0.29, 0.717) is 0 Å². The third kappa shape index (κ3) is 3.19.